The van der Waals surface area contributed by atoms with Gasteiger partial charge in [-0.15, -0.1) is 11.8 Å². The van der Waals surface area contributed by atoms with Gasteiger partial charge in [0.2, 0.25) is 5.91 Å². The zero-order valence-corrected chi connectivity index (χ0v) is 15.6. The van der Waals surface area contributed by atoms with Crippen LogP contribution in [0, 0.1) is 0 Å². The van der Waals surface area contributed by atoms with Crippen LogP contribution in [-0.4, -0.2) is 24.3 Å². The Labute approximate surface area is 153 Å². The Hall–Kier alpha value is -2.20. The van der Waals surface area contributed by atoms with Crippen LogP contribution in [-0.2, 0) is 10.5 Å². The standard InChI is InChI=1S/C21H23NO2S/c1-15(2)13-19-20(25-14-16-7-5-4-6-8-16)21(23)22(19)17-9-11-18(24-3)12-10-17/h4-13,19-20H,14H2,1-3H3. The van der Waals surface area contributed by atoms with Crippen LogP contribution >= 0.6 is 11.8 Å². The Balaban J connectivity index is 1.76. The summed E-state index contributed by atoms with van der Waals surface area (Å²) in [4.78, 5) is 14.7. The van der Waals surface area contributed by atoms with Crippen molar-refractivity contribution in [2.45, 2.75) is 30.9 Å². The van der Waals surface area contributed by atoms with Gasteiger partial charge < -0.3 is 9.64 Å². The fraction of sp³-hybridized carbons (Fsp3) is 0.286. The third-order valence-corrected chi connectivity index (χ3v) is 5.56. The molecule has 1 amide bonds. The highest BCUT2D eigenvalue weighted by Gasteiger charge is 2.46. The van der Waals surface area contributed by atoms with Gasteiger partial charge >= 0.3 is 0 Å². The molecule has 0 bridgehead atoms. The number of carbonyl (C=O) groups is 1. The molecule has 1 aliphatic rings. The summed E-state index contributed by atoms with van der Waals surface area (Å²) in [6.07, 6.45) is 2.19. The summed E-state index contributed by atoms with van der Waals surface area (Å²) in [6.45, 7) is 4.15. The number of benzene rings is 2. The maximum Gasteiger partial charge on any atom is 0.243 e. The SMILES string of the molecule is COc1ccc(N2C(=O)C(SCc3ccccc3)C2C=C(C)C)cc1. The van der Waals surface area contributed by atoms with Crippen molar-refractivity contribution in [3.8, 4) is 5.75 Å². The zero-order chi connectivity index (χ0) is 17.8. The number of amides is 1. The van der Waals surface area contributed by atoms with Crippen molar-refractivity contribution in [3.05, 3.63) is 71.8 Å². The van der Waals surface area contributed by atoms with Crippen molar-refractivity contribution >= 4 is 23.4 Å². The van der Waals surface area contributed by atoms with E-state index < -0.39 is 0 Å². The van der Waals surface area contributed by atoms with Gasteiger partial charge in [-0.2, -0.15) is 0 Å². The van der Waals surface area contributed by atoms with E-state index in [1.807, 2.05) is 47.4 Å². The van der Waals surface area contributed by atoms with Gasteiger partial charge in [0, 0.05) is 11.4 Å². The highest BCUT2D eigenvalue weighted by molar-refractivity contribution is 8.00. The van der Waals surface area contributed by atoms with E-state index in [0.29, 0.717) is 0 Å². The summed E-state index contributed by atoms with van der Waals surface area (Å²) in [5.41, 5.74) is 3.39. The molecule has 0 N–H and O–H groups in total. The van der Waals surface area contributed by atoms with Crippen LogP contribution in [0.15, 0.2) is 66.2 Å². The first-order valence-electron chi connectivity index (χ1n) is 8.38. The minimum absolute atomic E-state index is 0.0304. The number of nitrogens with zero attached hydrogens (tertiary/aromatic N) is 1. The lowest BCUT2D eigenvalue weighted by Crippen LogP contribution is -2.63. The maximum absolute atomic E-state index is 12.8. The molecular weight excluding hydrogens is 330 g/mol. The summed E-state index contributed by atoms with van der Waals surface area (Å²) in [5.74, 6) is 1.82. The topological polar surface area (TPSA) is 29.5 Å². The summed E-state index contributed by atoms with van der Waals surface area (Å²) in [5, 5.41) is -0.0304. The molecule has 3 rings (SSSR count). The van der Waals surface area contributed by atoms with E-state index in [1.165, 1.54) is 11.1 Å². The van der Waals surface area contributed by atoms with Crippen LogP contribution in [0.5, 0.6) is 5.75 Å². The van der Waals surface area contributed by atoms with Crippen LogP contribution in [0.2, 0.25) is 0 Å². The third-order valence-electron chi connectivity index (χ3n) is 4.22. The predicted molar refractivity (Wildman–Crippen MR) is 105 cm³/mol. The molecule has 1 heterocycles. The summed E-state index contributed by atoms with van der Waals surface area (Å²) in [6, 6.07) is 18.1. The molecule has 0 radical (unpaired) electrons. The molecule has 0 saturated carbocycles. The van der Waals surface area contributed by atoms with E-state index in [4.69, 9.17) is 4.74 Å². The average Bonchev–Trinajstić information content (AvgIpc) is 2.63. The zero-order valence-electron chi connectivity index (χ0n) is 14.8. The maximum atomic E-state index is 12.8. The predicted octanol–water partition coefficient (Wildman–Crippen LogP) is 4.68. The second-order valence-corrected chi connectivity index (χ2v) is 7.49. The second kappa shape index (κ2) is 7.79. The molecule has 0 spiro atoms. The van der Waals surface area contributed by atoms with Gasteiger partial charge in [0.15, 0.2) is 0 Å². The fourth-order valence-electron chi connectivity index (χ4n) is 2.96. The molecular formula is C21H23NO2S. The number of β-lactam (4-membered cyclic amide) rings is 1. The molecule has 3 nitrogen and oxygen atoms in total. The minimum atomic E-state index is -0.0304. The van der Waals surface area contributed by atoms with Crippen molar-refractivity contribution in [1.82, 2.24) is 0 Å². The number of hydrogen-bond donors (Lipinski definition) is 0. The monoisotopic (exact) mass is 353 g/mol. The first-order chi connectivity index (χ1) is 12.1. The van der Waals surface area contributed by atoms with Crippen LogP contribution in [0.25, 0.3) is 0 Å². The van der Waals surface area contributed by atoms with Crippen molar-refractivity contribution < 1.29 is 9.53 Å². The Morgan fingerprint density at radius 1 is 1.12 bits per heavy atom. The lowest BCUT2D eigenvalue weighted by molar-refractivity contribution is -0.122. The molecule has 1 saturated heterocycles. The van der Waals surface area contributed by atoms with E-state index in [0.717, 1.165) is 17.2 Å². The van der Waals surface area contributed by atoms with E-state index in [9.17, 15) is 4.79 Å². The molecule has 0 aromatic heterocycles. The molecule has 1 aliphatic heterocycles. The number of allylic oxidation sites excluding steroid dienone is 1. The lowest BCUT2D eigenvalue weighted by Gasteiger charge is -2.45. The number of ether oxygens (including phenoxy) is 1. The van der Waals surface area contributed by atoms with E-state index in [2.05, 4.69) is 32.1 Å². The molecule has 2 unspecified atom stereocenters. The summed E-state index contributed by atoms with van der Waals surface area (Å²) >= 11 is 1.72. The van der Waals surface area contributed by atoms with Crippen molar-refractivity contribution in [1.29, 1.82) is 0 Å². The molecule has 2 aromatic carbocycles. The summed E-state index contributed by atoms with van der Waals surface area (Å²) in [7, 11) is 1.64. The highest BCUT2D eigenvalue weighted by Crippen LogP contribution is 2.38. The van der Waals surface area contributed by atoms with Crippen LogP contribution in [0.3, 0.4) is 0 Å². The number of methoxy groups -OCH3 is 1. The van der Waals surface area contributed by atoms with Crippen molar-refractivity contribution in [3.63, 3.8) is 0 Å². The number of thioether (sulfide) groups is 1. The summed E-state index contributed by atoms with van der Waals surface area (Å²) < 4.78 is 5.21. The Morgan fingerprint density at radius 2 is 1.80 bits per heavy atom. The first-order valence-corrected chi connectivity index (χ1v) is 9.42. The number of carbonyl (C=O) groups excluding carboxylic acids is 1. The van der Waals surface area contributed by atoms with E-state index >= 15 is 0 Å². The number of rotatable bonds is 6. The Bertz CT molecular complexity index is 751. The normalized spacial score (nSPS) is 19.3. The molecule has 25 heavy (non-hydrogen) atoms. The highest BCUT2D eigenvalue weighted by atomic mass is 32.2. The van der Waals surface area contributed by atoms with Crippen LogP contribution in [0.4, 0.5) is 5.69 Å². The molecule has 2 atom stereocenters. The Morgan fingerprint density at radius 3 is 2.40 bits per heavy atom. The molecule has 130 valence electrons. The number of hydrogen-bond acceptors (Lipinski definition) is 3. The van der Waals surface area contributed by atoms with Gasteiger partial charge in [0.05, 0.1) is 13.2 Å². The molecule has 2 aromatic rings. The van der Waals surface area contributed by atoms with Gasteiger partial charge in [0.25, 0.3) is 0 Å². The smallest absolute Gasteiger partial charge is 0.243 e. The van der Waals surface area contributed by atoms with E-state index in [-0.39, 0.29) is 17.2 Å². The second-order valence-electron chi connectivity index (χ2n) is 6.36. The van der Waals surface area contributed by atoms with Crippen LogP contribution < -0.4 is 9.64 Å². The van der Waals surface area contributed by atoms with Gasteiger partial charge in [-0.05, 0) is 43.7 Å². The van der Waals surface area contributed by atoms with E-state index in [1.54, 1.807) is 18.9 Å². The van der Waals surface area contributed by atoms with Crippen molar-refractivity contribution in [2.24, 2.45) is 0 Å². The quantitative estimate of drug-likeness (QED) is 0.558. The Kier molecular flexibility index (Phi) is 5.49. The average molecular weight is 353 g/mol. The van der Waals surface area contributed by atoms with Gasteiger partial charge in [-0.25, -0.2) is 0 Å². The fourth-order valence-corrected chi connectivity index (χ4v) is 4.18. The van der Waals surface area contributed by atoms with Gasteiger partial charge in [-0.3, -0.25) is 4.79 Å². The molecule has 4 heteroatoms. The van der Waals surface area contributed by atoms with Gasteiger partial charge in [0.1, 0.15) is 11.0 Å². The number of anilines is 1. The first kappa shape index (κ1) is 17.6. The minimum Gasteiger partial charge on any atom is -0.497 e. The third kappa shape index (κ3) is 3.90. The lowest BCUT2D eigenvalue weighted by atomic mass is 9.97. The largest absolute Gasteiger partial charge is 0.497 e. The molecule has 1 fully saturated rings. The molecule has 0 aliphatic carbocycles. The van der Waals surface area contributed by atoms with Gasteiger partial charge in [-0.1, -0.05) is 42.0 Å². The van der Waals surface area contributed by atoms with Crippen LogP contribution in [0.1, 0.15) is 19.4 Å². The van der Waals surface area contributed by atoms with Crippen molar-refractivity contribution in [2.75, 3.05) is 12.0 Å².